The van der Waals surface area contributed by atoms with Gasteiger partial charge in [0, 0.05) is 25.7 Å². The van der Waals surface area contributed by atoms with Gasteiger partial charge in [-0.15, -0.1) is 0 Å². The van der Waals surface area contributed by atoms with Crippen molar-refractivity contribution in [1.82, 2.24) is 19.9 Å². The molecule has 2 aromatic heterocycles. The maximum atomic E-state index is 12.2. The normalized spacial score (nSPS) is 27.2. The Kier molecular flexibility index (Phi) is 5.86. The molecule has 1 aromatic carbocycles. The van der Waals surface area contributed by atoms with Crippen molar-refractivity contribution in [3.8, 4) is 17.1 Å². The Balaban J connectivity index is 1.32. The fourth-order valence-corrected chi connectivity index (χ4v) is 6.21. The number of halogens is 1. The minimum atomic E-state index is -0.304. The number of ether oxygens (including phenoxy) is 1. The summed E-state index contributed by atoms with van der Waals surface area (Å²) in [7, 11) is 1.64. The van der Waals surface area contributed by atoms with Crippen LogP contribution in [-0.2, 0) is 11.3 Å². The predicted octanol–water partition coefficient (Wildman–Crippen LogP) is 2.94. The minimum Gasteiger partial charge on any atom is -0.496 e. The van der Waals surface area contributed by atoms with E-state index >= 15 is 0 Å². The number of hydrogen-bond donors (Lipinski definition) is 4. The van der Waals surface area contributed by atoms with Crippen molar-refractivity contribution >= 4 is 34.4 Å². The van der Waals surface area contributed by atoms with E-state index in [9.17, 15) is 9.90 Å². The number of rotatable bonds is 7. The number of likely N-dealkylation sites (tertiary alicyclic amines) is 1. The van der Waals surface area contributed by atoms with E-state index in [2.05, 4.69) is 32.3 Å². The number of benzene rings is 1. The third-order valence-corrected chi connectivity index (χ3v) is 8.03. The number of pyridine rings is 1. The van der Waals surface area contributed by atoms with Crippen molar-refractivity contribution in [2.24, 2.45) is 23.5 Å². The number of fused-ring (bicyclic) bond motifs is 3. The Morgan fingerprint density at radius 3 is 2.94 bits per heavy atom. The Hall–Kier alpha value is -3.14. The summed E-state index contributed by atoms with van der Waals surface area (Å²) in [5, 5.41) is 13.8. The van der Waals surface area contributed by atoms with E-state index in [0.29, 0.717) is 40.0 Å². The highest BCUT2D eigenvalue weighted by molar-refractivity contribution is 6.34. The predicted molar refractivity (Wildman–Crippen MR) is 138 cm³/mol. The van der Waals surface area contributed by atoms with Gasteiger partial charge in [0.05, 0.1) is 41.6 Å². The number of carbonyl (C=O) groups excluding carboxylic acids is 1. The number of imidazole rings is 1. The molecule has 0 spiro atoms. The first kappa shape index (κ1) is 23.3. The summed E-state index contributed by atoms with van der Waals surface area (Å²) in [4.78, 5) is 27.0. The molecule has 0 radical (unpaired) electrons. The van der Waals surface area contributed by atoms with Crippen molar-refractivity contribution < 1.29 is 14.6 Å². The van der Waals surface area contributed by atoms with Crippen LogP contribution in [0.25, 0.3) is 22.6 Å². The highest BCUT2D eigenvalue weighted by Crippen LogP contribution is 2.46. The standard InChI is InChI=1S/C26H29ClN6O3/c1-36-19-8-13(11-33-7-6-16(34)12-33)2-5-17(19)25-31-23-22(18(27)10-29-26(23)32-25)30-21-15-4-3-14(9-15)20(21)24(28)35/h2-5,8,10,14-16,20-21,34H,6-7,9,11-12H2,1H3,(H2,28,35)(H2,29,30,31,32)/t14?,15?,16-,20?,21?/m0/s1. The first-order valence-corrected chi connectivity index (χ1v) is 12.6. The summed E-state index contributed by atoms with van der Waals surface area (Å²) in [5.41, 5.74) is 9.49. The van der Waals surface area contributed by atoms with Gasteiger partial charge in [0.1, 0.15) is 17.1 Å². The van der Waals surface area contributed by atoms with Crippen molar-refractivity contribution in [1.29, 1.82) is 0 Å². The Morgan fingerprint density at radius 1 is 1.36 bits per heavy atom. The number of hydrogen-bond acceptors (Lipinski definition) is 7. The SMILES string of the molecule is COc1cc(CN2CC[C@H](O)C2)ccc1-c1nc2c(NC3C4C=CC(C4)C3C(N)=O)c(Cl)cnc2[nH]1. The summed E-state index contributed by atoms with van der Waals surface area (Å²) in [5.74, 6) is 1.09. The van der Waals surface area contributed by atoms with E-state index in [1.807, 2.05) is 18.2 Å². The number of amides is 1. The molecule has 1 saturated heterocycles. The van der Waals surface area contributed by atoms with Crippen LogP contribution in [0.3, 0.4) is 0 Å². The highest BCUT2D eigenvalue weighted by atomic mass is 35.5. The van der Waals surface area contributed by atoms with Crippen LogP contribution in [0.5, 0.6) is 5.75 Å². The van der Waals surface area contributed by atoms with Crippen LogP contribution < -0.4 is 15.8 Å². The van der Waals surface area contributed by atoms with Crippen LogP contribution in [0, 0.1) is 17.8 Å². The zero-order valence-electron chi connectivity index (χ0n) is 19.9. The number of aliphatic hydroxyl groups is 1. The number of β-amino-alcohol motifs (C(OH)–C–C–N with tert-alkyl or cyclic N) is 1. The third-order valence-electron chi connectivity index (χ3n) is 7.74. The second-order valence-corrected chi connectivity index (χ2v) is 10.4. The molecule has 10 heteroatoms. The lowest BCUT2D eigenvalue weighted by Gasteiger charge is -2.27. The molecule has 9 nitrogen and oxygen atoms in total. The van der Waals surface area contributed by atoms with Gasteiger partial charge in [-0.1, -0.05) is 29.8 Å². The number of H-pyrrole nitrogens is 1. The molecule has 5 N–H and O–H groups in total. The summed E-state index contributed by atoms with van der Waals surface area (Å²) in [6.07, 6.45) is 7.29. The molecule has 3 aliphatic rings. The monoisotopic (exact) mass is 508 g/mol. The second-order valence-electron chi connectivity index (χ2n) is 10.0. The number of aromatic amines is 1. The molecule has 2 aliphatic carbocycles. The van der Waals surface area contributed by atoms with Crippen molar-refractivity contribution in [2.45, 2.75) is 31.5 Å². The van der Waals surface area contributed by atoms with E-state index < -0.39 is 0 Å². The van der Waals surface area contributed by atoms with Crippen molar-refractivity contribution in [2.75, 3.05) is 25.5 Å². The molecule has 188 valence electrons. The van der Waals surface area contributed by atoms with Crippen LogP contribution in [0.15, 0.2) is 36.5 Å². The third kappa shape index (κ3) is 4.01. The van der Waals surface area contributed by atoms with E-state index in [1.54, 1.807) is 13.3 Å². The van der Waals surface area contributed by atoms with E-state index in [1.165, 1.54) is 0 Å². The molecule has 1 amide bonds. The second kappa shape index (κ2) is 9.06. The van der Waals surface area contributed by atoms with Crippen molar-refractivity contribution in [3.63, 3.8) is 0 Å². The highest BCUT2D eigenvalue weighted by Gasteiger charge is 2.47. The lowest BCUT2D eigenvalue weighted by molar-refractivity contribution is -0.122. The fourth-order valence-electron chi connectivity index (χ4n) is 6.01. The Morgan fingerprint density at radius 2 is 2.19 bits per heavy atom. The number of aliphatic hydroxyl groups excluding tert-OH is 1. The number of nitrogens with two attached hydrogens (primary N) is 1. The van der Waals surface area contributed by atoms with Gasteiger partial charge < -0.3 is 25.9 Å². The molecule has 4 unspecified atom stereocenters. The molecular formula is C26H29ClN6O3. The minimum absolute atomic E-state index is 0.140. The van der Waals surface area contributed by atoms with Crippen LogP contribution in [-0.4, -0.2) is 63.2 Å². The number of methoxy groups -OCH3 is 1. The van der Waals surface area contributed by atoms with Gasteiger partial charge in [-0.2, -0.15) is 0 Å². The molecule has 2 bridgehead atoms. The quantitative estimate of drug-likeness (QED) is 0.361. The van der Waals surface area contributed by atoms with Gasteiger partial charge in [0.2, 0.25) is 5.91 Å². The zero-order chi connectivity index (χ0) is 25.0. The maximum Gasteiger partial charge on any atom is 0.223 e. The summed E-state index contributed by atoms with van der Waals surface area (Å²) >= 11 is 6.58. The number of nitrogens with zero attached hydrogens (tertiary/aromatic N) is 3. The molecule has 1 aliphatic heterocycles. The molecule has 36 heavy (non-hydrogen) atoms. The molecule has 1 saturated carbocycles. The number of primary amides is 1. The summed E-state index contributed by atoms with van der Waals surface area (Å²) in [6.45, 7) is 2.31. The van der Waals surface area contributed by atoms with Crippen LogP contribution in [0.1, 0.15) is 18.4 Å². The van der Waals surface area contributed by atoms with E-state index in [0.717, 1.165) is 37.1 Å². The van der Waals surface area contributed by atoms with Gasteiger partial charge in [-0.25, -0.2) is 9.97 Å². The molecular weight excluding hydrogens is 480 g/mol. The molecule has 3 aromatic rings. The smallest absolute Gasteiger partial charge is 0.223 e. The lowest BCUT2D eigenvalue weighted by Crippen LogP contribution is -2.41. The summed E-state index contributed by atoms with van der Waals surface area (Å²) < 4.78 is 5.71. The molecule has 2 fully saturated rings. The molecule has 5 atom stereocenters. The topological polar surface area (TPSA) is 129 Å². The fraction of sp³-hybridized carbons (Fsp3) is 0.423. The Bertz CT molecular complexity index is 1360. The van der Waals surface area contributed by atoms with Gasteiger partial charge in [-0.3, -0.25) is 9.69 Å². The number of aromatic nitrogens is 3. The molecule has 6 rings (SSSR count). The average Bonchev–Trinajstić information content (AvgIpc) is 3.65. The van der Waals surface area contributed by atoms with Crippen LogP contribution >= 0.6 is 11.6 Å². The van der Waals surface area contributed by atoms with Crippen LogP contribution in [0.2, 0.25) is 5.02 Å². The zero-order valence-corrected chi connectivity index (χ0v) is 20.7. The first-order valence-electron chi connectivity index (χ1n) is 12.3. The van der Waals surface area contributed by atoms with Gasteiger partial charge in [-0.05, 0) is 42.4 Å². The number of carbonyl (C=O) groups is 1. The summed E-state index contributed by atoms with van der Waals surface area (Å²) in [6, 6.07) is 5.90. The van der Waals surface area contributed by atoms with Crippen LogP contribution in [0.4, 0.5) is 5.69 Å². The van der Waals surface area contributed by atoms with Crippen molar-refractivity contribution in [3.05, 3.63) is 47.1 Å². The van der Waals surface area contributed by atoms with Gasteiger partial charge in [0.25, 0.3) is 0 Å². The largest absolute Gasteiger partial charge is 0.496 e. The van der Waals surface area contributed by atoms with Gasteiger partial charge >= 0.3 is 0 Å². The number of nitrogens with one attached hydrogen (secondary N) is 2. The Labute approximate surface area is 213 Å². The lowest BCUT2D eigenvalue weighted by atomic mass is 9.88. The number of allylic oxidation sites excluding steroid dienone is 1. The van der Waals surface area contributed by atoms with E-state index in [-0.39, 0.29) is 35.8 Å². The first-order chi connectivity index (χ1) is 17.4. The molecule has 3 heterocycles. The number of anilines is 1. The van der Waals surface area contributed by atoms with Gasteiger partial charge in [0.15, 0.2) is 5.65 Å². The average molecular weight is 509 g/mol. The van der Waals surface area contributed by atoms with E-state index in [4.69, 9.17) is 27.1 Å². The maximum absolute atomic E-state index is 12.2.